The molecule has 0 atom stereocenters. The Kier molecular flexibility index (Phi) is 3.53. The minimum atomic E-state index is -4.26. The van der Waals surface area contributed by atoms with Crippen LogP contribution in [-0.2, 0) is 10.0 Å². The monoisotopic (exact) mass is 276 g/mol. The predicted molar refractivity (Wildman–Crippen MR) is 58.0 cm³/mol. The number of carboxylic acid groups (broad SMARTS) is 1. The summed E-state index contributed by atoms with van der Waals surface area (Å²) < 4.78 is 26.8. The van der Waals surface area contributed by atoms with Crippen LogP contribution < -0.4 is 9.88 Å². The van der Waals surface area contributed by atoms with Crippen molar-refractivity contribution in [3.63, 3.8) is 0 Å². The molecule has 0 saturated carbocycles. The van der Waals surface area contributed by atoms with Gasteiger partial charge in [-0.3, -0.25) is 10.1 Å². The lowest BCUT2D eigenvalue weighted by Crippen LogP contribution is -2.14. The smallest absolute Gasteiger partial charge is 0.339 e. The van der Waals surface area contributed by atoms with Crippen LogP contribution in [0.4, 0.5) is 5.69 Å². The van der Waals surface area contributed by atoms with Gasteiger partial charge in [0.05, 0.1) is 16.9 Å². The average molecular weight is 276 g/mol. The van der Waals surface area contributed by atoms with Gasteiger partial charge >= 0.3 is 11.7 Å². The van der Waals surface area contributed by atoms with Crippen molar-refractivity contribution in [1.82, 2.24) is 0 Å². The molecule has 0 aliphatic rings. The van der Waals surface area contributed by atoms with Gasteiger partial charge in [0.25, 0.3) is 0 Å². The van der Waals surface area contributed by atoms with Gasteiger partial charge < -0.3 is 9.84 Å². The molecule has 1 rings (SSSR count). The minimum Gasteiger partial charge on any atom is -0.490 e. The number of nitrogens with zero attached hydrogens (tertiary/aromatic N) is 1. The number of nitrogens with two attached hydrogens (primary N) is 1. The SMILES string of the molecule is COc1c(C(=O)O)cc(S(N)(=O)=O)cc1[N+](=O)[O-]. The Labute approximate surface area is 101 Å². The van der Waals surface area contributed by atoms with Gasteiger partial charge in [-0.15, -0.1) is 0 Å². The van der Waals surface area contributed by atoms with Gasteiger partial charge in [-0.1, -0.05) is 0 Å². The Morgan fingerprint density at radius 3 is 2.39 bits per heavy atom. The van der Waals surface area contributed by atoms with Crippen LogP contribution in [-0.4, -0.2) is 31.5 Å². The third kappa shape index (κ3) is 2.55. The molecule has 0 aliphatic carbocycles. The lowest BCUT2D eigenvalue weighted by molar-refractivity contribution is -0.386. The Hall–Kier alpha value is -2.20. The van der Waals surface area contributed by atoms with E-state index < -0.39 is 42.8 Å². The van der Waals surface area contributed by atoms with Crippen molar-refractivity contribution < 1.29 is 28.0 Å². The molecule has 1 aromatic rings. The predicted octanol–water partition coefficient (Wildman–Crippen LogP) is -0.0510. The van der Waals surface area contributed by atoms with Crippen molar-refractivity contribution in [3.05, 3.63) is 27.8 Å². The zero-order valence-electron chi connectivity index (χ0n) is 8.98. The number of nitro groups is 1. The maximum Gasteiger partial charge on any atom is 0.339 e. The molecule has 0 radical (unpaired) electrons. The quantitative estimate of drug-likeness (QED) is 0.577. The number of carboxylic acids is 1. The number of methoxy groups -OCH3 is 1. The fraction of sp³-hybridized carbons (Fsp3) is 0.125. The third-order valence-electron chi connectivity index (χ3n) is 2.00. The minimum absolute atomic E-state index is 0.542. The molecule has 0 spiro atoms. The van der Waals surface area contributed by atoms with E-state index in [-0.39, 0.29) is 0 Å². The zero-order valence-corrected chi connectivity index (χ0v) is 9.80. The van der Waals surface area contributed by atoms with E-state index in [4.69, 9.17) is 10.2 Å². The van der Waals surface area contributed by atoms with Gasteiger partial charge in [-0.05, 0) is 6.07 Å². The highest BCUT2D eigenvalue weighted by atomic mass is 32.2. The molecule has 0 aliphatic heterocycles. The molecule has 10 heteroatoms. The van der Waals surface area contributed by atoms with E-state index >= 15 is 0 Å². The van der Waals surface area contributed by atoms with Crippen molar-refractivity contribution in [3.8, 4) is 5.75 Å². The second-order valence-electron chi connectivity index (χ2n) is 3.13. The molecule has 0 heterocycles. The van der Waals surface area contributed by atoms with E-state index in [9.17, 15) is 23.3 Å². The normalized spacial score (nSPS) is 11.0. The second-order valence-corrected chi connectivity index (χ2v) is 4.69. The van der Waals surface area contributed by atoms with Crippen LogP contribution in [0.25, 0.3) is 0 Å². The van der Waals surface area contributed by atoms with Crippen molar-refractivity contribution >= 4 is 21.7 Å². The fourth-order valence-corrected chi connectivity index (χ4v) is 1.82. The standard InChI is InChI=1S/C8H8N2O7S/c1-17-7-5(8(11)12)2-4(18(9,15)16)3-6(7)10(13)14/h2-3H,1H3,(H,11,12)(H2,9,15,16). The Morgan fingerprint density at radius 1 is 1.50 bits per heavy atom. The first-order valence-electron chi connectivity index (χ1n) is 4.31. The molecule has 0 unspecified atom stereocenters. The summed E-state index contributed by atoms with van der Waals surface area (Å²) in [5, 5.41) is 24.4. The number of aromatic carboxylic acids is 1. The molecular weight excluding hydrogens is 268 g/mol. The largest absolute Gasteiger partial charge is 0.490 e. The lowest BCUT2D eigenvalue weighted by atomic mass is 10.1. The molecule has 0 bridgehead atoms. The Bertz CT molecular complexity index is 587. The van der Waals surface area contributed by atoms with E-state index in [1.165, 1.54) is 0 Å². The summed E-state index contributed by atoms with van der Waals surface area (Å²) in [6, 6.07) is 1.34. The fourth-order valence-electron chi connectivity index (χ4n) is 1.26. The molecule has 0 fully saturated rings. The van der Waals surface area contributed by atoms with Crippen molar-refractivity contribution in [1.29, 1.82) is 0 Å². The van der Waals surface area contributed by atoms with Crippen LogP contribution in [0.15, 0.2) is 17.0 Å². The molecule has 9 nitrogen and oxygen atoms in total. The first-order chi connectivity index (χ1) is 8.18. The van der Waals surface area contributed by atoms with Crippen molar-refractivity contribution in [2.24, 2.45) is 5.14 Å². The number of benzene rings is 1. The Balaban J connectivity index is 3.76. The van der Waals surface area contributed by atoms with Crippen LogP contribution in [0.3, 0.4) is 0 Å². The lowest BCUT2D eigenvalue weighted by Gasteiger charge is -2.07. The number of rotatable bonds is 4. The number of sulfonamides is 1. The summed E-state index contributed by atoms with van der Waals surface area (Å²) in [6.07, 6.45) is 0. The number of hydrogen-bond acceptors (Lipinski definition) is 6. The maximum atomic E-state index is 11.1. The summed E-state index contributed by atoms with van der Waals surface area (Å²) in [5.74, 6) is -2.11. The van der Waals surface area contributed by atoms with E-state index in [2.05, 4.69) is 4.74 Å². The van der Waals surface area contributed by atoms with Crippen LogP contribution >= 0.6 is 0 Å². The number of carbonyl (C=O) groups is 1. The average Bonchev–Trinajstić information content (AvgIpc) is 2.25. The molecular formula is C8H8N2O7S. The van der Waals surface area contributed by atoms with Crippen LogP contribution in [0, 0.1) is 10.1 Å². The van der Waals surface area contributed by atoms with Gasteiger partial charge in [0.1, 0.15) is 5.56 Å². The Morgan fingerprint density at radius 2 is 2.06 bits per heavy atom. The van der Waals surface area contributed by atoms with Gasteiger partial charge in [-0.25, -0.2) is 18.4 Å². The van der Waals surface area contributed by atoms with Crippen molar-refractivity contribution in [2.75, 3.05) is 7.11 Å². The summed E-state index contributed by atoms with van der Waals surface area (Å²) in [6.45, 7) is 0. The number of hydrogen-bond donors (Lipinski definition) is 2. The van der Waals surface area contributed by atoms with E-state index in [0.29, 0.717) is 12.1 Å². The van der Waals surface area contributed by atoms with E-state index in [1.54, 1.807) is 0 Å². The summed E-state index contributed by atoms with van der Waals surface area (Å²) in [5.41, 5.74) is -1.45. The summed E-state index contributed by atoms with van der Waals surface area (Å²) in [4.78, 5) is 20.0. The van der Waals surface area contributed by atoms with Gasteiger partial charge in [0.2, 0.25) is 15.8 Å². The molecule has 98 valence electrons. The first kappa shape index (κ1) is 13.9. The van der Waals surface area contributed by atoms with E-state index in [0.717, 1.165) is 7.11 Å². The zero-order chi connectivity index (χ0) is 14.1. The molecule has 3 N–H and O–H groups in total. The topological polar surface area (TPSA) is 150 Å². The van der Waals surface area contributed by atoms with Gasteiger partial charge in [0.15, 0.2) is 0 Å². The molecule has 0 saturated heterocycles. The molecule has 0 amide bonds. The number of nitro benzene ring substituents is 1. The van der Waals surface area contributed by atoms with Crippen LogP contribution in [0.1, 0.15) is 10.4 Å². The second kappa shape index (κ2) is 4.58. The van der Waals surface area contributed by atoms with Crippen LogP contribution in [0.5, 0.6) is 5.75 Å². The summed E-state index contributed by atoms with van der Waals surface area (Å²) in [7, 11) is -3.23. The molecule has 0 aromatic heterocycles. The van der Waals surface area contributed by atoms with E-state index in [1.807, 2.05) is 0 Å². The summed E-state index contributed by atoms with van der Waals surface area (Å²) >= 11 is 0. The van der Waals surface area contributed by atoms with Crippen LogP contribution in [0.2, 0.25) is 0 Å². The van der Waals surface area contributed by atoms with Crippen molar-refractivity contribution in [2.45, 2.75) is 4.90 Å². The third-order valence-corrected chi connectivity index (χ3v) is 2.90. The number of ether oxygens (including phenoxy) is 1. The van der Waals surface area contributed by atoms with Gasteiger partial charge in [-0.2, -0.15) is 0 Å². The highest BCUT2D eigenvalue weighted by molar-refractivity contribution is 7.89. The first-order valence-corrected chi connectivity index (χ1v) is 5.85. The highest BCUT2D eigenvalue weighted by Gasteiger charge is 2.27. The molecule has 18 heavy (non-hydrogen) atoms. The number of primary sulfonamides is 1. The molecule has 1 aromatic carbocycles. The highest BCUT2D eigenvalue weighted by Crippen LogP contribution is 2.33. The maximum absolute atomic E-state index is 11.1. The van der Waals surface area contributed by atoms with Gasteiger partial charge in [0, 0.05) is 6.07 Å².